The van der Waals surface area contributed by atoms with Crippen molar-refractivity contribution in [2.24, 2.45) is 0 Å². The Hall–Kier alpha value is -1.67. The molecule has 1 aromatic heterocycles. The van der Waals surface area contributed by atoms with Crippen molar-refractivity contribution in [3.63, 3.8) is 0 Å². The maximum Gasteiger partial charge on any atom is 0.344 e. The van der Waals surface area contributed by atoms with E-state index in [1.807, 2.05) is 37.4 Å². The molecule has 23 heavy (non-hydrogen) atoms. The fourth-order valence-corrected chi connectivity index (χ4v) is 3.70. The third-order valence-corrected chi connectivity index (χ3v) is 5.46. The highest BCUT2D eigenvalue weighted by Gasteiger charge is 2.30. The van der Waals surface area contributed by atoms with Gasteiger partial charge in [0.25, 0.3) is 0 Å². The van der Waals surface area contributed by atoms with E-state index in [9.17, 15) is 9.59 Å². The zero-order valence-corrected chi connectivity index (χ0v) is 14.5. The molecule has 0 radical (unpaired) electrons. The van der Waals surface area contributed by atoms with E-state index in [-0.39, 0.29) is 22.9 Å². The number of amides is 1. The van der Waals surface area contributed by atoms with Gasteiger partial charge in [-0.15, -0.1) is 16.9 Å². The molecule has 0 aliphatic heterocycles. The van der Waals surface area contributed by atoms with Crippen LogP contribution in [0.4, 0.5) is 5.69 Å². The summed E-state index contributed by atoms with van der Waals surface area (Å²) in [5.74, 6) is -0.103. The Kier molecular flexibility index (Phi) is 4.82. The molecule has 1 aliphatic carbocycles. The van der Waals surface area contributed by atoms with Gasteiger partial charge >= 0.3 is 5.69 Å². The molecule has 6 nitrogen and oxygen atoms in total. The van der Waals surface area contributed by atoms with Crippen molar-refractivity contribution >= 4 is 35.1 Å². The Bertz CT molecular complexity index is 767. The Morgan fingerprint density at radius 1 is 1.43 bits per heavy atom. The first-order valence-electron chi connectivity index (χ1n) is 7.37. The van der Waals surface area contributed by atoms with Crippen LogP contribution < -0.4 is 11.0 Å². The van der Waals surface area contributed by atoms with Gasteiger partial charge < -0.3 is 5.32 Å². The SMILES string of the molecule is CSc1ccccc1NC(=O)C(C)Sc1n[nH]c(=O)n1C1CC1. The van der Waals surface area contributed by atoms with Gasteiger partial charge in [0.1, 0.15) is 0 Å². The van der Waals surface area contributed by atoms with E-state index in [1.54, 1.807) is 16.3 Å². The molecule has 8 heteroatoms. The molecular weight excluding hydrogens is 332 g/mol. The number of thioether (sulfide) groups is 2. The highest BCUT2D eigenvalue weighted by molar-refractivity contribution is 8.00. The summed E-state index contributed by atoms with van der Waals surface area (Å²) in [4.78, 5) is 25.2. The third kappa shape index (κ3) is 3.64. The fraction of sp³-hybridized carbons (Fsp3) is 0.400. The minimum Gasteiger partial charge on any atom is -0.324 e. The smallest absolute Gasteiger partial charge is 0.324 e. The van der Waals surface area contributed by atoms with Crippen molar-refractivity contribution in [1.29, 1.82) is 0 Å². The first-order valence-corrected chi connectivity index (χ1v) is 9.48. The second kappa shape index (κ2) is 6.84. The second-order valence-corrected chi connectivity index (χ2v) is 7.52. The maximum absolute atomic E-state index is 12.4. The molecule has 1 aromatic carbocycles. The number of H-pyrrole nitrogens is 1. The molecule has 0 saturated heterocycles. The van der Waals surface area contributed by atoms with Gasteiger partial charge in [0.2, 0.25) is 5.91 Å². The summed E-state index contributed by atoms with van der Waals surface area (Å²) < 4.78 is 1.66. The average Bonchev–Trinajstić information content (AvgIpc) is 3.32. The molecule has 0 bridgehead atoms. The van der Waals surface area contributed by atoms with Crippen molar-refractivity contribution in [2.45, 2.75) is 41.1 Å². The van der Waals surface area contributed by atoms with Gasteiger partial charge in [0, 0.05) is 10.9 Å². The van der Waals surface area contributed by atoms with Gasteiger partial charge in [-0.25, -0.2) is 9.89 Å². The lowest BCUT2D eigenvalue weighted by molar-refractivity contribution is -0.115. The topological polar surface area (TPSA) is 79.8 Å². The minimum absolute atomic E-state index is 0.103. The minimum atomic E-state index is -0.349. The summed E-state index contributed by atoms with van der Waals surface area (Å²) in [5.41, 5.74) is 0.606. The number of nitrogens with zero attached hydrogens (tertiary/aromatic N) is 2. The highest BCUT2D eigenvalue weighted by Crippen LogP contribution is 2.37. The van der Waals surface area contributed by atoms with Crippen LogP contribution >= 0.6 is 23.5 Å². The highest BCUT2D eigenvalue weighted by atomic mass is 32.2. The number of aromatic nitrogens is 3. The molecule has 1 saturated carbocycles. The molecular formula is C15H18N4O2S2. The Labute approximate surface area is 142 Å². The lowest BCUT2D eigenvalue weighted by Crippen LogP contribution is -2.24. The first kappa shape index (κ1) is 16.2. The van der Waals surface area contributed by atoms with Gasteiger partial charge in [-0.3, -0.25) is 9.36 Å². The Balaban J connectivity index is 1.69. The number of hydrogen-bond donors (Lipinski definition) is 2. The Morgan fingerprint density at radius 2 is 2.17 bits per heavy atom. The van der Waals surface area contributed by atoms with Crippen molar-refractivity contribution in [3.05, 3.63) is 34.7 Å². The number of para-hydroxylation sites is 1. The zero-order chi connectivity index (χ0) is 16.4. The molecule has 1 unspecified atom stereocenters. The summed E-state index contributed by atoms with van der Waals surface area (Å²) in [7, 11) is 0. The zero-order valence-electron chi connectivity index (χ0n) is 12.9. The fourth-order valence-electron chi connectivity index (χ4n) is 2.22. The largest absolute Gasteiger partial charge is 0.344 e. The van der Waals surface area contributed by atoms with Gasteiger partial charge in [0.15, 0.2) is 5.16 Å². The lowest BCUT2D eigenvalue weighted by Gasteiger charge is -2.13. The van der Waals surface area contributed by atoms with Crippen LogP contribution in [0.25, 0.3) is 0 Å². The quantitative estimate of drug-likeness (QED) is 0.783. The van der Waals surface area contributed by atoms with Crippen molar-refractivity contribution in [2.75, 3.05) is 11.6 Å². The van der Waals surface area contributed by atoms with E-state index in [0.717, 1.165) is 23.4 Å². The molecule has 1 amide bonds. The normalized spacial score (nSPS) is 15.4. The second-order valence-electron chi connectivity index (χ2n) is 5.36. The van der Waals surface area contributed by atoms with Crippen LogP contribution in [0.3, 0.4) is 0 Å². The van der Waals surface area contributed by atoms with Gasteiger partial charge in [-0.05, 0) is 38.2 Å². The van der Waals surface area contributed by atoms with Crippen molar-refractivity contribution in [1.82, 2.24) is 14.8 Å². The summed E-state index contributed by atoms with van der Waals surface area (Å²) in [5, 5.41) is 9.70. The van der Waals surface area contributed by atoms with Crippen LogP contribution in [0.1, 0.15) is 25.8 Å². The molecule has 122 valence electrons. The van der Waals surface area contributed by atoms with Gasteiger partial charge in [0.05, 0.1) is 10.9 Å². The molecule has 1 fully saturated rings. The third-order valence-electron chi connectivity index (χ3n) is 3.60. The number of carbonyl (C=O) groups is 1. The van der Waals surface area contributed by atoms with Crippen LogP contribution in [0.5, 0.6) is 0 Å². The number of rotatable bonds is 6. The number of nitrogens with one attached hydrogen (secondary N) is 2. The summed E-state index contributed by atoms with van der Waals surface area (Å²) in [6.45, 7) is 1.82. The van der Waals surface area contributed by atoms with Crippen LogP contribution in [0.15, 0.2) is 39.1 Å². The Morgan fingerprint density at radius 3 is 2.87 bits per heavy atom. The van der Waals surface area contributed by atoms with Gasteiger partial charge in [-0.2, -0.15) is 0 Å². The number of carbonyl (C=O) groups excluding carboxylic acids is 1. The predicted molar refractivity (Wildman–Crippen MR) is 93.3 cm³/mol. The molecule has 1 heterocycles. The summed E-state index contributed by atoms with van der Waals surface area (Å²) in [6, 6.07) is 7.92. The van der Waals surface area contributed by atoms with E-state index in [0.29, 0.717) is 5.16 Å². The molecule has 2 N–H and O–H groups in total. The molecule has 1 atom stereocenters. The molecule has 2 aromatic rings. The average molecular weight is 350 g/mol. The first-order chi connectivity index (χ1) is 11.1. The summed E-state index contributed by atoms with van der Waals surface area (Å²) >= 11 is 2.89. The lowest BCUT2D eigenvalue weighted by atomic mass is 10.3. The maximum atomic E-state index is 12.4. The van der Waals surface area contributed by atoms with E-state index in [4.69, 9.17) is 0 Å². The van der Waals surface area contributed by atoms with Crippen LogP contribution in [-0.4, -0.2) is 32.2 Å². The number of aromatic amines is 1. The van der Waals surface area contributed by atoms with Crippen molar-refractivity contribution < 1.29 is 4.79 Å². The van der Waals surface area contributed by atoms with Crippen LogP contribution in [0, 0.1) is 0 Å². The number of anilines is 1. The number of hydrogen-bond acceptors (Lipinski definition) is 5. The van der Waals surface area contributed by atoms with E-state index in [1.165, 1.54) is 11.8 Å². The van der Waals surface area contributed by atoms with Crippen molar-refractivity contribution in [3.8, 4) is 0 Å². The molecule has 3 rings (SSSR count). The van der Waals surface area contributed by atoms with E-state index in [2.05, 4.69) is 15.5 Å². The number of benzene rings is 1. The van der Waals surface area contributed by atoms with Gasteiger partial charge in [-0.1, -0.05) is 23.9 Å². The molecule has 0 spiro atoms. The standard InChI is InChI=1S/C15H18N4O2S2/c1-9(13(20)16-11-5-3-4-6-12(11)22-2)23-15-18-17-14(21)19(15)10-7-8-10/h3-6,9-10H,7-8H2,1-2H3,(H,16,20)(H,17,21). The monoisotopic (exact) mass is 350 g/mol. The van der Waals surface area contributed by atoms with Crippen LogP contribution in [-0.2, 0) is 4.79 Å². The van der Waals surface area contributed by atoms with E-state index < -0.39 is 0 Å². The summed E-state index contributed by atoms with van der Waals surface area (Å²) in [6.07, 6.45) is 3.96. The molecule has 1 aliphatic rings. The van der Waals surface area contributed by atoms with Crippen LogP contribution in [0.2, 0.25) is 0 Å². The predicted octanol–water partition coefficient (Wildman–Crippen LogP) is 2.75. The van der Waals surface area contributed by atoms with E-state index >= 15 is 0 Å².